The second-order valence-electron chi connectivity index (χ2n) is 2.31. The van der Waals surface area contributed by atoms with Crippen molar-refractivity contribution < 1.29 is 9.90 Å². The van der Waals surface area contributed by atoms with Crippen molar-refractivity contribution in [2.24, 2.45) is 0 Å². The van der Waals surface area contributed by atoms with Gasteiger partial charge >= 0.3 is 6.09 Å². The maximum absolute atomic E-state index is 10.7. The molecule has 0 aromatic carbocycles. The molecule has 0 atom stereocenters. The van der Waals surface area contributed by atoms with E-state index in [0.29, 0.717) is 0 Å². The molecule has 52 valence electrons. The Hall–Kier alpha value is -0.730. The highest BCUT2D eigenvalue weighted by atomic mass is 16.4. The van der Waals surface area contributed by atoms with Crippen LogP contribution in [-0.2, 0) is 0 Å². The van der Waals surface area contributed by atoms with Crippen LogP contribution in [0.15, 0.2) is 0 Å². The van der Waals surface area contributed by atoms with E-state index in [1.165, 1.54) is 6.42 Å². The smallest absolute Gasteiger partial charge is 0.407 e. The maximum atomic E-state index is 10.7. The topological polar surface area (TPSA) is 40.5 Å². The van der Waals surface area contributed by atoms with Crippen molar-refractivity contribution in [3.63, 3.8) is 0 Å². The Labute approximate surface area is 55.8 Å². The Bertz CT molecular complexity index is 123. The Morgan fingerprint density at radius 3 is 2.67 bits per heavy atom. The number of rotatable bonds is 0. The molecule has 3 heteroatoms. The molecule has 0 aliphatic carbocycles. The molecule has 0 aromatic heterocycles. The molecule has 0 aromatic rings. The Morgan fingerprint density at radius 2 is 2.11 bits per heavy atom. The number of carbonyl (C=O) groups is 1. The highest BCUT2D eigenvalue weighted by molar-refractivity contribution is 5.64. The average Bonchev–Trinajstić information content (AvgIpc) is 2.05. The van der Waals surface area contributed by atoms with Crippen LogP contribution in [0.2, 0.25) is 0 Å². The Balaban J connectivity index is 2.31. The summed E-state index contributed by atoms with van der Waals surface area (Å²) >= 11 is 0. The molecule has 0 bridgehead atoms. The average molecular weight is 130 g/mol. The summed E-state index contributed by atoms with van der Waals surface area (Å²) in [4.78, 5) is 12.2. The first-order valence-electron chi connectivity index (χ1n) is 3.67. The minimum absolute atomic E-state index is 0.514. The summed E-state index contributed by atoms with van der Waals surface area (Å²) in [7, 11) is 0. The summed E-state index contributed by atoms with van der Waals surface area (Å²) in [6.07, 6.45) is 2.74. The van der Waals surface area contributed by atoms with Crippen molar-refractivity contribution in [1.82, 2.24) is 4.90 Å². The monoisotopic (exact) mass is 130 g/mol. The van der Waals surface area contributed by atoms with Crippen LogP contribution in [0.1, 0.15) is 19.3 Å². The molecule has 1 rings (SSSR count). The van der Waals surface area contributed by atoms with Gasteiger partial charge in [0, 0.05) is 13.1 Å². The van der Waals surface area contributed by atoms with Crippen LogP contribution in [0.25, 0.3) is 1.43 Å². The molecule has 3 nitrogen and oxygen atoms in total. The number of carboxylic acid groups (broad SMARTS) is 1. The van der Waals surface area contributed by atoms with Crippen LogP contribution in [0, 0.1) is 0 Å². The van der Waals surface area contributed by atoms with Crippen molar-refractivity contribution in [1.29, 1.82) is 1.43 Å². The molecule has 0 saturated carbocycles. The number of hydrogen-bond acceptors (Lipinski definition) is 2. The highest BCUT2D eigenvalue weighted by Gasteiger charge is 2.13. The second-order valence-corrected chi connectivity index (χ2v) is 2.31. The van der Waals surface area contributed by atoms with Gasteiger partial charge < -0.3 is 10.0 Å². The van der Waals surface area contributed by atoms with Crippen LogP contribution < -0.4 is 0 Å². The van der Waals surface area contributed by atoms with Gasteiger partial charge in [-0.05, 0) is 19.3 Å². The van der Waals surface area contributed by atoms with Crippen LogP contribution in [-0.4, -0.2) is 29.2 Å². The van der Waals surface area contributed by atoms with Crippen molar-refractivity contribution in [2.45, 2.75) is 19.3 Å². The lowest BCUT2D eigenvalue weighted by atomic mass is 10.1. The summed E-state index contributed by atoms with van der Waals surface area (Å²) in [5.41, 5.74) is 0. The first-order chi connectivity index (χ1) is 4.84. The van der Waals surface area contributed by atoms with Gasteiger partial charge in [-0.3, -0.25) is 0 Å². The largest absolute Gasteiger partial charge is 0.465 e. The summed E-state index contributed by atoms with van der Waals surface area (Å²) in [5, 5.41) is 3.83. The van der Waals surface area contributed by atoms with Gasteiger partial charge in [0.25, 0.3) is 1.43 Å². The zero-order chi connectivity index (χ0) is 7.40. The van der Waals surface area contributed by atoms with E-state index >= 15 is 0 Å². The van der Waals surface area contributed by atoms with Crippen molar-refractivity contribution >= 4 is 6.09 Å². The van der Waals surface area contributed by atoms with Crippen molar-refractivity contribution in [3.8, 4) is 0 Å². The van der Waals surface area contributed by atoms with E-state index in [1.54, 1.807) is 4.90 Å². The highest BCUT2D eigenvalue weighted by Crippen LogP contribution is 2.07. The third-order valence-electron chi connectivity index (χ3n) is 1.61. The lowest BCUT2D eigenvalue weighted by Crippen LogP contribution is -2.34. The lowest BCUT2D eigenvalue weighted by Gasteiger charge is -2.22. The molecule has 1 N–H and O–H groups in total. The number of hydrogen-bond donors (Lipinski definition) is 1. The molecule has 1 amide bonds. The molecule has 1 saturated heterocycles. The normalized spacial score (nSPS) is 20.9. The fourth-order valence-corrected chi connectivity index (χ4v) is 1.08. The van der Waals surface area contributed by atoms with Gasteiger partial charge in [0.2, 0.25) is 0 Å². The van der Waals surface area contributed by atoms with Gasteiger partial charge in [-0.1, -0.05) is 0 Å². The van der Waals surface area contributed by atoms with E-state index < -0.39 is 6.09 Å². The number of amides is 1. The maximum Gasteiger partial charge on any atom is 0.407 e. The third kappa shape index (κ3) is 1.59. The Kier molecular flexibility index (Phi) is 1.53. The molecular weight excluding hydrogens is 118 g/mol. The van der Waals surface area contributed by atoms with E-state index in [1.807, 2.05) is 0 Å². The molecule has 1 heterocycles. The SMILES string of the molecule is [2H]OC(=O)N1CCCCC1. The first-order valence-corrected chi connectivity index (χ1v) is 3.26. The summed E-state index contributed by atoms with van der Waals surface area (Å²) in [5.74, 6) is 0. The van der Waals surface area contributed by atoms with Crippen LogP contribution in [0.3, 0.4) is 0 Å². The molecule has 1 fully saturated rings. The quantitative estimate of drug-likeness (QED) is 0.534. The molecule has 1 aliphatic rings. The molecule has 0 unspecified atom stereocenters. The summed E-state index contributed by atoms with van der Waals surface area (Å²) in [6, 6.07) is 0. The fraction of sp³-hybridized carbons (Fsp3) is 0.833. The van der Waals surface area contributed by atoms with Crippen molar-refractivity contribution in [2.75, 3.05) is 13.1 Å². The first kappa shape index (κ1) is 5.09. The molecular formula is C6H11NO2. The number of nitrogens with zero attached hydrogens (tertiary/aromatic N) is 1. The van der Waals surface area contributed by atoms with E-state index in [9.17, 15) is 4.79 Å². The van der Waals surface area contributed by atoms with Gasteiger partial charge in [0.1, 0.15) is 0 Å². The van der Waals surface area contributed by atoms with Crippen molar-refractivity contribution in [3.05, 3.63) is 0 Å². The molecule has 0 spiro atoms. The standard InChI is InChI=1S/C6H11NO2/c8-6(9)7-4-2-1-3-5-7/h1-5H2,(H,8,9)/i/hD. The lowest BCUT2D eigenvalue weighted by molar-refractivity contribution is 0.136. The molecule has 9 heavy (non-hydrogen) atoms. The Morgan fingerprint density at radius 1 is 1.44 bits per heavy atom. The summed E-state index contributed by atoms with van der Waals surface area (Å²) in [6.45, 7) is 1.50. The fourth-order valence-electron chi connectivity index (χ4n) is 1.08. The third-order valence-corrected chi connectivity index (χ3v) is 1.61. The zero-order valence-electron chi connectivity index (χ0n) is 6.30. The van der Waals surface area contributed by atoms with Crippen LogP contribution in [0.5, 0.6) is 0 Å². The van der Waals surface area contributed by atoms with Gasteiger partial charge in [0.05, 0.1) is 0 Å². The zero-order valence-corrected chi connectivity index (χ0v) is 5.30. The van der Waals surface area contributed by atoms with Crippen LogP contribution >= 0.6 is 0 Å². The second kappa shape index (κ2) is 2.71. The van der Waals surface area contributed by atoms with Gasteiger partial charge in [-0.15, -0.1) is 0 Å². The van der Waals surface area contributed by atoms with Gasteiger partial charge in [0.15, 0.2) is 0 Å². The van der Waals surface area contributed by atoms with E-state index in [0.717, 1.165) is 25.9 Å². The predicted molar refractivity (Wildman–Crippen MR) is 33.4 cm³/mol. The van der Waals surface area contributed by atoms with E-state index in [4.69, 9.17) is 1.43 Å². The minimum Gasteiger partial charge on any atom is -0.465 e. The molecule has 0 radical (unpaired) electrons. The minimum atomic E-state index is -0.514. The number of piperidine rings is 1. The van der Waals surface area contributed by atoms with Gasteiger partial charge in [-0.25, -0.2) is 4.79 Å². The summed E-state index contributed by atoms with van der Waals surface area (Å²) < 4.78 is 6.35. The predicted octanol–water partition coefficient (Wildman–Crippen LogP) is 1.15. The van der Waals surface area contributed by atoms with Crippen LogP contribution in [0.4, 0.5) is 4.79 Å². The van der Waals surface area contributed by atoms with E-state index in [-0.39, 0.29) is 0 Å². The van der Waals surface area contributed by atoms with E-state index in [2.05, 4.69) is 5.11 Å². The van der Waals surface area contributed by atoms with Gasteiger partial charge in [-0.2, -0.15) is 0 Å². The number of likely N-dealkylation sites (tertiary alicyclic amines) is 1. The molecule has 1 aliphatic heterocycles.